The Labute approximate surface area is 196 Å². The highest BCUT2D eigenvalue weighted by Crippen LogP contribution is 2.31. The summed E-state index contributed by atoms with van der Waals surface area (Å²) in [6.45, 7) is 0. The molecule has 34 heavy (non-hydrogen) atoms. The summed E-state index contributed by atoms with van der Waals surface area (Å²) in [5.41, 5.74) is 7.31. The third kappa shape index (κ3) is 4.18. The van der Waals surface area contributed by atoms with Gasteiger partial charge in [0.05, 0.1) is 12.8 Å². The van der Waals surface area contributed by atoms with E-state index in [1.165, 1.54) is 12.1 Å². The van der Waals surface area contributed by atoms with Gasteiger partial charge in [-0.05, 0) is 55.9 Å². The molecule has 0 saturated heterocycles. The first-order chi connectivity index (χ1) is 16.5. The maximum atomic E-state index is 14.1. The lowest BCUT2D eigenvalue weighted by molar-refractivity contribution is 0.0610. The maximum absolute atomic E-state index is 14.1. The van der Waals surface area contributed by atoms with Crippen LogP contribution in [0.5, 0.6) is 5.75 Å². The van der Waals surface area contributed by atoms with E-state index in [1.54, 1.807) is 23.8 Å². The predicted molar refractivity (Wildman–Crippen MR) is 128 cm³/mol. The zero-order valence-electron chi connectivity index (χ0n) is 18.8. The molecule has 0 bridgehead atoms. The summed E-state index contributed by atoms with van der Waals surface area (Å²) in [5.74, 6) is 6.95. The van der Waals surface area contributed by atoms with Gasteiger partial charge >= 0.3 is 0 Å². The van der Waals surface area contributed by atoms with Crippen LogP contribution in [0.15, 0.2) is 48.5 Å². The van der Waals surface area contributed by atoms with Gasteiger partial charge in [0.2, 0.25) is 5.82 Å². The number of nitrogen functional groups attached to an aromatic ring is 1. The summed E-state index contributed by atoms with van der Waals surface area (Å²) >= 11 is 0. The molecule has 2 aromatic carbocycles. The van der Waals surface area contributed by atoms with Gasteiger partial charge in [-0.15, -0.1) is 0 Å². The average Bonchev–Trinajstić information content (AvgIpc) is 3.24. The van der Waals surface area contributed by atoms with Crippen molar-refractivity contribution < 1.29 is 14.2 Å². The van der Waals surface area contributed by atoms with Crippen molar-refractivity contribution in [1.82, 2.24) is 19.5 Å². The third-order valence-electron chi connectivity index (χ3n) is 6.02. The Morgan fingerprint density at radius 1 is 1.06 bits per heavy atom. The molecular formula is C26H24FN5O2. The average molecular weight is 458 g/mol. The standard InChI is InChI=1S/C26H24FN5O2/c1-34-20-10-6-9-19(16-20)32-24(17-7-5-8-18(27)15-17)31-22-23(28)29-21(30-25(22)32)11-14-26(33)12-3-2-4-13-26/h5-10,15-16,33H,2-4,12-13H2,1H3,(H2,28,29,30). The molecule has 8 heteroatoms. The molecule has 1 aliphatic carbocycles. The van der Waals surface area contributed by atoms with Crippen LogP contribution in [0.2, 0.25) is 0 Å². The molecule has 4 aromatic rings. The number of rotatable bonds is 3. The maximum Gasteiger partial charge on any atom is 0.209 e. The Morgan fingerprint density at radius 2 is 1.85 bits per heavy atom. The van der Waals surface area contributed by atoms with E-state index in [4.69, 9.17) is 10.5 Å². The molecule has 0 radical (unpaired) electrons. The molecule has 172 valence electrons. The molecular weight excluding hydrogens is 433 g/mol. The topological polar surface area (TPSA) is 99.1 Å². The normalized spacial score (nSPS) is 15.0. The number of aromatic nitrogens is 4. The van der Waals surface area contributed by atoms with Gasteiger partial charge in [0.15, 0.2) is 17.0 Å². The molecule has 0 atom stereocenters. The van der Waals surface area contributed by atoms with Gasteiger partial charge in [-0.2, -0.15) is 0 Å². The second-order valence-electron chi connectivity index (χ2n) is 8.43. The number of anilines is 1. The molecule has 2 aromatic heterocycles. The summed E-state index contributed by atoms with van der Waals surface area (Å²) in [4.78, 5) is 13.6. The van der Waals surface area contributed by atoms with E-state index < -0.39 is 5.60 Å². The number of ether oxygens (including phenoxy) is 1. The molecule has 5 rings (SSSR count). The van der Waals surface area contributed by atoms with Crippen molar-refractivity contribution in [2.24, 2.45) is 0 Å². The number of benzene rings is 2. The van der Waals surface area contributed by atoms with E-state index >= 15 is 0 Å². The van der Waals surface area contributed by atoms with E-state index in [1.807, 2.05) is 24.3 Å². The molecule has 0 aliphatic heterocycles. The number of imidazole rings is 1. The number of hydrogen-bond acceptors (Lipinski definition) is 6. The molecule has 3 N–H and O–H groups in total. The fourth-order valence-corrected chi connectivity index (χ4v) is 4.28. The number of aliphatic hydroxyl groups is 1. The summed E-state index contributed by atoms with van der Waals surface area (Å²) < 4.78 is 21.2. The van der Waals surface area contributed by atoms with Gasteiger partial charge in [0, 0.05) is 11.6 Å². The Bertz CT molecular complexity index is 1430. The highest BCUT2D eigenvalue weighted by atomic mass is 19.1. The van der Waals surface area contributed by atoms with Crippen LogP contribution in [-0.4, -0.2) is 37.3 Å². The van der Waals surface area contributed by atoms with Gasteiger partial charge in [0.1, 0.15) is 23.0 Å². The van der Waals surface area contributed by atoms with Crippen molar-refractivity contribution in [2.75, 3.05) is 12.8 Å². The highest BCUT2D eigenvalue weighted by molar-refractivity contribution is 5.87. The van der Waals surface area contributed by atoms with Gasteiger partial charge in [-0.25, -0.2) is 19.3 Å². The summed E-state index contributed by atoms with van der Waals surface area (Å²) in [6, 6.07) is 13.6. The quantitative estimate of drug-likeness (QED) is 0.446. The van der Waals surface area contributed by atoms with Crippen molar-refractivity contribution in [1.29, 1.82) is 0 Å². The molecule has 1 saturated carbocycles. The summed E-state index contributed by atoms with van der Waals surface area (Å²) in [6.07, 6.45) is 4.23. The summed E-state index contributed by atoms with van der Waals surface area (Å²) in [7, 11) is 1.59. The fourth-order valence-electron chi connectivity index (χ4n) is 4.28. The lowest BCUT2D eigenvalue weighted by Crippen LogP contribution is -2.29. The number of nitrogens with zero attached hydrogens (tertiary/aromatic N) is 4. The molecule has 7 nitrogen and oxygen atoms in total. The van der Waals surface area contributed by atoms with Crippen molar-refractivity contribution in [3.05, 3.63) is 60.2 Å². The van der Waals surface area contributed by atoms with Gasteiger partial charge in [0.25, 0.3) is 0 Å². The van der Waals surface area contributed by atoms with E-state index in [-0.39, 0.29) is 17.5 Å². The first-order valence-electron chi connectivity index (χ1n) is 11.2. The molecule has 1 aliphatic rings. The van der Waals surface area contributed by atoms with Crippen molar-refractivity contribution in [3.8, 4) is 34.7 Å². The monoisotopic (exact) mass is 457 g/mol. The van der Waals surface area contributed by atoms with Crippen LogP contribution in [0.4, 0.5) is 10.2 Å². The Morgan fingerprint density at radius 3 is 2.62 bits per heavy atom. The Kier molecular flexibility index (Phi) is 5.64. The van der Waals surface area contributed by atoms with Crippen LogP contribution in [-0.2, 0) is 0 Å². The van der Waals surface area contributed by atoms with Crippen molar-refractivity contribution >= 4 is 17.0 Å². The smallest absolute Gasteiger partial charge is 0.209 e. The second-order valence-corrected chi connectivity index (χ2v) is 8.43. The molecule has 0 spiro atoms. The number of methoxy groups -OCH3 is 1. The molecule has 2 heterocycles. The SMILES string of the molecule is COc1cccc(-n2c(-c3cccc(F)c3)nc3c(N)nc(C#CC4(O)CCCCC4)nc32)c1. The molecule has 0 amide bonds. The lowest BCUT2D eigenvalue weighted by atomic mass is 9.85. The number of hydrogen-bond donors (Lipinski definition) is 2. The minimum absolute atomic E-state index is 0.157. The second kappa shape index (κ2) is 8.76. The summed E-state index contributed by atoms with van der Waals surface area (Å²) in [5, 5.41) is 10.8. The van der Waals surface area contributed by atoms with Crippen LogP contribution in [0.25, 0.3) is 28.2 Å². The highest BCUT2D eigenvalue weighted by Gasteiger charge is 2.27. The van der Waals surface area contributed by atoms with Crippen molar-refractivity contribution in [2.45, 2.75) is 37.7 Å². The minimum atomic E-state index is -1.04. The Balaban J connectivity index is 1.72. The fraction of sp³-hybridized carbons (Fsp3) is 0.269. The van der Waals surface area contributed by atoms with Crippen LogP contribution in [0.3, 0.4) is 0 Å². The van der Waals surface area contributed by atoms with Gasteiger partial charge in [-0.3, -0.25) is 4.57 Å². The Hall–Kier alpha value is -3.96. The van der Waals surface area contributed by atoms with Crippen molar-refractivity contribution in [3.63, 3.8) is 0 Å². The zero-order chi connectivity index (χ0) is 23.7. The predicted octanol–water partition coefficient (Wildman–Crippen LogP) is 4.26. The third-order valence-corrected chi connectivity index (χ3v) is 6.02. The molecule has 1 fully saturated rings. The minimum Gasteiger partial charge on any atom is -0.497 e. The van der Waals surface area contributed by atoms with Crippen LogP contribution < -0.4 is 10.5 Å². The van der Waals surface area contributed by atoms with Crippen LogP contribution in [0.1, 0.15) is 37.9 Å². The largest absolute Gasteiger partial charge is 0.497 e. The molecule has 0 unspecified atom stereocenters. The first kappa shape index (κ1) is 21.9. The van der Waals surface area contributed by atoms with Crippen LogP contribution in [0, 0.1) is 17.7 Å². The number of fused-ring (bicyclic) bond motifs is 1. The van der Waals surface area contributed by atoms with Gasteiger partial charge < -0.3 is 15.6 Å². The first-order valence-corrected chi connectivity index (χ1v) is 11.2. The van der Waals surface area contributed by atoms with Crippen LogP contribution >= 0.6 is 0 Å². The van der Waals surface area contributed by atoms with E-state index in [9.17, 15) is 9.50 Å². The van der Waals surface area contributed by atoms with E-state index in [2.05, 4.69) is 26.8 Å². The van der Waals surface area contributed by atoms with E-state index in [0.717, 1.165) is 19.3 Å². The number of halogens is 1. The lowest BCUT2D eigenvalue weighted by Gasteiger charge is -2.26. The van der Waals surface area contributed by atoms with E-state index in [0.29, 0.717) is 46.8 Å². The number of nitrogens with two attached hydrogens (primary N) is 1. The van der Waals surface area contributed by atoms with Gasteiger partial charge in [-0.1, -0.05) is 30.5 Å². The zero-order valence-corrected chi connectivity index (χ0v) is 18.8.